The standard InChI is InChI=1S/C8H9NO2/c10-6-9-4-1-2-8-7(9)3-5-11-8/h1-4,10H,5-6H2. The average Bonchev–Trinajstić information content (AvgIpc) is 2.50. The van der Waals surface area contributed by atoms with Gasteiger partial charge in [-0.2, -0.15) is 0 Å². The van der Waals surface area contributed by atoms with Crippen LogP contribution in [0.2, 0.25) is 0 Å². The first-order chi connectivity index (χ1) is 5.42. The number of ether oxygens (including phenoxy) is 1. The van der Waals surface area contributed by atoms with Gasteiger partial charge in [0.1, 0.15) is 19.1 Å². The number of aliphatic hydroxyl groups is 1. The number of fused-ring (bicyclic) bond motifs is 1. The zero-order chi connectivity index (χ0) is 7.68. The van der Waals surface area contributed by atoms with E-state index in [1.54, 1.807) is 4.90 Å². The minimum atomic E-state index is 0.00301. The molecule has 0 bridgehead atoms. The quantitative estimate of drug-likeness (QED) is 0.594. The van der Waals surface area contributed by atoms with Gasteiger partial charge in [0, 0.05) is 6.20 Å². The molecule has 0 saturated carbocycles. The van der Waals surface area contributed by atoms with Gasteiger partial charge in [-0.25, -0.2) is 0 Å². The van der Waals surface area contributed by atoms with Crippen molar-refractivity contribution in [3.63, 3.8) is 0 Å². The first-order valence-electron chi connectivity index (χ1n) is 3.51. The summed E-state index contributed by atoms with van der Waals surface area (Å²) in [5, 5.41) is 8.89. The van der Waals surface area contributed by atoms with Gasteiger partial charge in [-0.3, -0.25) is 0 Å². The minimum Gasteiger partial charge on any atom is -0.487 e. The molecule has 0 radical (unpaired) electrons. The van der Waals surface area contributed by atoms with E-state index in [0.717, 1.165) is 11.5 Å². The molecule has 11 heavy (non-hydrogen) atoms. The van der Waals surface area contributed by atoms with Crippen LogP contribution in [0.15, 0.2) is 35.9 Å². The molecular weight excluding hydrogens is 142 g/mol. The second-order valence-corrected chi connectivity index (χ2v) is 2.38. The van der Waals surface area contributed by atoms with E-state index < -0.39 is 0 Å². The minimum absolute atomic E-state index is 0.00301. The van der Waals surface area contributed by atoms with Crippen molar-refractivity contribution in [2.24, 2.45) is 0 Å². The lowest BCUT2D eigenvalue weighted by molar-refractivity contribution is 0.172. The van der Waals surface area contributed by atoms with Crippen LogP contribution in [0.1, 0.15) is 0 Å². The Morgan fingerprint density at radius 2 is 2.55 bits per heavy atom. The van der Waals surface area contributed by atoms with Gasteiger partial charge in [0.15, 0.2) is 0 Å². The summed E-state index contributed by atoms with van der Waals surface area (Å²) in [5.74, 6) is 0.849. The largest absolute Gasteiger partial charge is 0.487 e. The van der Waals surface area contributed by atoms with E-state index in [1.165, 1.54) is 0 Å². The van der Waals surface area contributed by atoms with Crippen molar-refractivity contribution in [2.45, 2.75) is 0 Å². The molecule has 0 aliphatic carbocycles. The zero-order valence-corrected chi connectivity index (χ0v) is 6.03. The normalized spacial score (nSPS) is 20.6. The van der Waals surface area contributed by atoms with Crippen molar-refractivity contribution in [1.82, 2.24) is 4.90 Å². The maximum atomic E-state index is 8.89. The summed E-state index contributed by atoms with van der Waals surface area (Å²) in [5.41, 5.74) is 0.968. The molecule has 2 heterocycles. The second-order valence-electron chi connectivity index (χ2n) is 2.38. The van der Waals surface area contributed by atoms with Gasteiger partial charge < -0.3 is 14.7 Å². The molecule has 2 aliphatic rings. The maximum absolute atomic E-state index is 8.89. The van der Waals surface area contributed by atoms with E-state index in [2.05, 4.69) is 0 Å². The lowest BCUT2D eigenvalue weighted by Crippen LogP contribution is -2.19. The molecule has 0 amide bonds. The van der Waals surface area contributed by atoms with Crippen LogP contribution in [0.5, 0.6) is 0 Å². The molecule has 0 atom stereocenters. The molecular formula is C8H9NO2. The Morgan fingerprint density at radius 3 is 3.36 bits per heavy atom. The van der Waals surface area contributed by atoms with Gasteiger partial charge in [0.05, 0.1) is 5.70 Å². The summed E-state index contributed by atoms with van der Waals surface area (Å²) in [7, 11) is 0. The number of allylic oxidation sites excluding steroid dienone is 2. The molecule has 0 aromatic heterocycles. The molecule has 0 spiro atoms. The zero-order valence-electron chi connectivity index (χ0n) is 6.03. The van der Waals surface area contributed by atoms with E-state index in [1.807, 2.05) is 24.4 Å². The lowest BCUT2D eigenvalue weighted by Gasteiger charge is -2.21. The molecule has 0 unspecified atom stereocenters. The third kappa shape index (κ3) is 0.935. The van der Waals surface area contributed by atoms with Crippen LogP contribution in [0.4, 0.5) is 0 Å². The van der Waals surface area contributed by atoms with Gasteiger partial charge in [-0.1, -0.05) is 0 Å². The van der Waals surface area contributed by atoms with Crippen molar-refractivity contribution >= 4 is 0 Å². The van der Waals surface area contributed by atoms with Crippen LogP contribution >= 0.6 is 0 Å². The smallest absolute Gasteiger partial charge is 0.143 e. The van der Waals surface area contributed by atoms with Gasteiger partial charge in [0.25, 0.3) is 0 Å². The number of hydrogen-bond donors (Lipinski definition) is 1. The summed E-state index contributed by atoms with van der Waals surface area (Å²) in [6.45, 7) is 0.613. The summed E-state index contributed by atoms with van der Waals surface area (Å²) in [6.07, 6.45) is 7.52. The first kappa shape index (κ1) is 6.49. The van der Waals surface area contributed by atoms with Crippen molar-refractivity contribution in [3.8, 4) is 0 Å². The third-order valence-corrected chi connectivity index (χ3v) is 1.74. The number of aliphatic hydroxyl groups excluding tert-OH is 1. The Bertz CT molecular complexity index is 253. The summed E-state index contributed by atoms with van der Waals surface area (Å²) in [4.78, 5) is 1.74. The Kier molecular flexibility index (Phi) is 1.43. The number of nitrogens with zero attached hydrogens (tertiary/aromatic N) is 1. The highest BCUT2D eigenvalue weighted by Gasteiger charge is 2.18. The van der Waals surface area contributed by atoms with Gasteiger partial charge in [-0.05, 0) is 18.2 Å². The maximum Gasteiger partial charge on any atom is 0.143 e. The van der Waals surface area contributed by atoms with E-state index in [9.17, 15) is 0 Å². The van der Waals surface area contributed by atoms with Crippen LogP contribution in [-0.4, -0.2) is 23.3 Å². The highest BCUT2D eigenvalue weighted by Crippen LogP contribution is 2.25. The fourth-order valence-corrected chi connectivity index (χ4v) is 1.22. The molecule has 0 aromatic rings. The topological polar surface area (TPSA) is 32.7 Å². The number of hydrogen-bond acceptors (Lipinski definition) is 3. The Balaban J connectivity index is 2.30. The van der Waals surface area contributed by atoms with Crippen LogP contribution in [0.3, 0.4) is 0 Å². The van der Waals surface area contributed by atoms with E-state index in [-0.39, 0.29) is 6.73 Å². The average molecular weight is 151 g/mol. The highest BCUT2D eigenvalue weighted by atomic mass is 16.5. The molecule has 3 nitrogen and oxygen atoms in total. The van der Waals surface area contributed by atoms with Crippen molar-refractivity contribution < 1.29 is 9.84 Å². The Hall–Kier alpha value is -1.22. The summed E-state index contributed by atoms with van der Waals surface area (Å²) >= 11 is 0. The third-order valence-electron chi connectivity index (χ3n) is 1.74. The summed E-state index contributed by atoms with van der Waals surface area (Å²) < 4.78 is 5.25. The van der Waals surface area contributed by atoms with Crippen LogP contribution in [0.25, 0.3) is 0 Å². The van der Waals surface area contributed by atoms with Gasteiger partial charge in [-0.15, -0.1) is 0 Å². The fourth-order valence-electron chi connectivity index (χ4n) is 1.22. The molecule has 58 valence electrons. The molecule has 1 N–H and O–H groups in total. The van der Waals surface area contributed by atoms with Gasteiger partial charge in [0.2, 0.25) is 0 Å². The molecule has 2 aliphatic heterocycles. The highest BCUT2D eigenvalue weighted by molar-refractivity contribution is 5.36. The Morgan fingerprint density at radius 1 is 1.64 bits per heavy atom. The van der Waals surface area contributed by atoms with E-state index in [0.29, 0.717) is 6.61 Å². The second kappa shape index (κ2) is 2.43. The monoisotopic (exact) mass is 151 g/mol. The molecule has 3 heteroatoms. The predicted molar refractivity (Wildman–Crippen MR) is 40.2 cm³/mol. The molecule has 0 aromatic carbocycles. The van der Waals surface area contributed by atoms with Crippen LogP contribution < -0.4 is 0 Å². The van der Waals surface area contributed by atoms with Crippen LogP contribution in [-0.2, 0) is 4.74 Å². The lowest BCUT2D eigenvalue weighted by atomic mass is 10.2. The van der Waals surface area contributed by atoms with Crippen molar-refractivity contribution in [3.05, 3.63) is 35.9 Å². The van der Waals surface area contributed by atoms with Crippen LogP contribution in [0, 0.1) is 0 Å². The molecule has 0 saturated heterocycles. The van der Waals surface area contributed by atoms with Crippen molar-refractivity contribution in [1.29, 1.82) is 0 Å². The molecule has 2 rings (SSSR count). The Labute approximate surface area is 64.9 Å². The van der Waals surface area contributed by atoms with E-state index >= 15 is 0 Å². The number of rotatable bonds is 1. The molecule has 0 fully saturated rings. The first-order valence-corrected chi connectivity index (χ1v) is 3.51. The summed E-state index contributed by atoms with van der Waals surface area (Å²) in [6, 6.07) is 0. The van der Waals surface area contributed by atoms with E-state index in [4.69, 9.17) is 9.84 Å². The predicted octanol–water partition coefficient (Wildman–Crippen LogP) is 0.564. The van der Waals surface area contributed by atoms with Gasteiger partial charge >= 0.3 is 0 Å². The van der Waals surface area contributed by atoms with Crippen molar-refractivity contribution in [2.75, 3.05) is 13.3 Å². The SMILES string of the molecule is OCN1C=CC=C2OCC=C21. The fraction of sp³-hybridized carbons (Fsp3) is 0.250.